The van der Waals surface area contributed by atoms with Crippen molar-refractivity contribution in [2.24, 2.45) is 0 Å². The molecule has 1 heteroatoms. The zero-order chi connectivity index (χ0) is 11.9. The van der Waals surface area contributed by atoms with Gasteiger partial charge < -0.3 is 0 Å². The molecular weight excluding hydrogens is 212 g/mol. The molecule has 0 amide bonds. The van der Waals surface area contributed by atoms with E-state index in [1.807, 2.05) is 11.8 Å². The number of hydrogen-bond donors (Lipinski definition) is 0. The summed E-state index contributed by atoms with van der Waals surface area (Å²) in [6.45, 7) is 2.29. The summed E-state index contributed by atoms with van der Waals surface area (Å²) in [6.07, 6.45) is 19.7. The summed E-state index contributed by atoms with van der Waals surface area (Å²) in [5.41, 5.74) is 0. The average molecular weight is 244 g/mol. The molecule has 0 aliphatic rings. The average Bonchev–Trinajstić information content (AvgIpc) is 2.31. The first kappa shape index (κ1) is 16.4. The molecule has 0 rings (SSSR count). The summed E-state index contributed by atoms with van der Waals surface area (Å²) in [5, 5.41) is 0. The topological polar surface area (TPSA) is 0 Å². The molecule has 0 aromatic carbocycles. The van der Waals surface area contributed by atoms with E-state index in [-0.39, 0.29) is 0 Å². The summed E-state index contributed by atoms with van der Waals surface area (Å²) < 4.78 is 0. The van der Waals surface area contributed by atoms with Gasteiger partial charge in [-0.15, -0.1) is 0 Å². The lowest BCUT2D eigenvalue weighted by Crippen LogP contribution is -1.83. The minimum atomic E-state index is 1.36. The Hall–Kier alpha value is 0.350. The van der Waals surface area contributed by atoms with Crippen LogP contribution in [-0.4, -0.2) is 12.0 Å². The molecule has 0 fully saturated rings. The van der Waals surface area contributed by atoms with Gasteiger partial charge in [0.15, 0.2) is 0 Å². The van der Waals surface area contributed by atoms with E-state index in [0.717, 1.165) is 0 Å². The molecule has 0 nitrogen and oxygen atoms in total. The molecular formula is C15H32S. The van der Waals surface area contributed by atoms with Crippen LogP contribution >= 0.6 is 11.8 Å². The third kappa shape index (κ3) is 14.4. The van der Waals surface area contributed by atoms with E-state index in [4.69, 9.17) is 0 Å². The fourth-order valence-corrected chi connectivity index (χ4v) is 2.58. The summed E-state index contributed by atoms with van der Waals surface area (Å²) in [7, 11) is 0. The monoisotopic (exact) mass is 244 g/mol. The maximum atomic E-state index is 2.29. The largest absolute Gasteiger partial charge is 0.165 e. The molecule has 16 heavy (non-hydrogen) atoms. The van der Waals surface area contributed by atoms with Gasteiger partial charge in [-0.2, -0.15) is 11.8 Å². The van der Waals surface area contributed by atoms with Crippen molar-refractivity contribution in [2.75, 3.05) is 12.0 Å². The van der Waals surface area contributed by atoms with Crippen molar-refractivity contribution in [3.8, 4) is 0 Å². The molecule has 0 saturated heterocycles. The Balaban J connectivity index is 2.83. The van der Waals surface area contributed by atoms with Gasteiger partial charge in [0.25, 0.3) is 0 Å². The maximum Gasteiger partial charge on any atom is -0.00703 e. The standard InChI is InChI=1S/C15H32S/c1-3-4-5-6-7-8-9-10-11-12-13-14-15-16-2/h3-15H2,1-2H3. The van der Waals surface area contributed by atoms with Gasteiger partial charge >= 0.3 is 0 Å². The first-order chi connectivity index (χ1) is 7.91. The Bertz CT molecular complexity index is 98.0. The van der Waals surface area contributed by atoms with E-state index in [0.29, 0.717) is 0 Å². The molecule has 98 valence electrons. The molecule has 0 saturated carbocycles. The van der Waals surface area contributed by atoms with Gasteiger partial charge in [0.2, 0.25) is 0 Å². The quantitative estimate of drug-likeness (QED) is 0.355. The lowest BCUT2D eigenvalue weighted by atomic mass is 10.1. The van der Waals surface area contributed by atoms with Crippen LogP contribution in [0.3, 0.4) is 0 Å². The smallest absolute Gasteiger partial charge is 0.00703 e. The fraction of sp³-hybridized carbons (Fsp3) is 1.00. The van der Waals surface area contributed by atoms with Gasteiger partial charge in [-0.25, -0.2) is 0 Å². The van der Waals surface area contributed by atoms with Gasteiger partial charge in [0, 0.05) is 0 Å². The minimum Gasteiger partial charge on any atom is -0.165 e. The zero-order valence-corrected chi connectivity index (χ0v) is 12.4. The second-order valence-electron chi connectivity index (χ2n) is 4.88. The SMILES string of the molecule is CCCCCCCCCCCCCCSC. The van der Waals surface area contributed by atoms with E-state index in [1.165, 1.54) is 82.8 Å². The highest BCUT2D eigenvalue weighted by atomic mass is 32.2. The second kappa shape index (κ2) is 15.4. The molecule has 0 radical (unpaired) electrons. The van der Waals surface area contributed by atoms with Crippen molar-refractivity contribution in [1.82, 2.24) is 0 Å². The molecule has 0 heterocycles. The molecule has 0 N–H and O–H groups in total. The van der Waals surface area contributed by atoms with Crippen molar-refractivity contribution in [3.63, 3.8) is 0 Å². The highest BCUT2D eigenvalue weighted by molar-refractivity contribution is 7.98. The van der Waals surface area contributed by atoms with E-state index in [9.17, 15) is 0 Å². The maximum absolute atomic E-state index is 2.29. The van der Waals surface area contributed by atoms with Gasteiger partial charge in [-0.1, -0.05) is 77.6 Å². The summed E-state index contributed by atoms with van der Waals surface area (Å²) in [6, 6.07) is 0. The fourth-order valence-electron chi connectivity index (χ4n) is 2.09. The van der Waals surface area contributed by atoms with Gasteiger partial charge in [-0.3, -0.25) is 0 Å². The molecule has 0 aromatic rings. The zero-order valence-electron chi connectivity index (χ0n) is 11.6. The van der Waals surface area contributed by atoms with Crippen LogP contribution in [0.1, 0.15) is 84.0 Å². The van der Waals surface area contributed by atoms with Crippen molar-refractivity contribution in [3.05, 3.63) is 0 Å². The predicted molar refractivity (Wildman–Crippen MR) is 79.5 cm³/mol. The van der Waals surface area contributed by atoms with Crippen molar-refractivity contribution >= 4 is 11.8 Å². The Kier molecular flexibility index (Phi) is 15.7. The molecule has 0 aromatic heterocycles. The normalized spacial score (nSPS) is 10.9. The van der Waals surface area contributed by atoms with Crippen molar-refractivity contribution in [1.29, 1.82) is 0 Å². The molecule has 0 spiro atoms. The van der Waals surface area contributed by atoms with Crippen LogP contribution in [-0.2, 0) is 0 Å². The first-order valence-corrected chi connectivity index (χ1v) is 8.80. The van der Waals surface area contributed by atoms with Crippen LogP contribution in [0.5, 0.6) is 0 Å². The van der Waals surface area contributed by atoms with Crippen LogP contribution in [0.4, 0.5) is 0 Å². The Morgan fingerprint density at radius 2 is 0.938 bits per heavy atom. The molecule has 0 unspecified atom stereocenters. The van der Waals surface area contributed by atoms with Crippen LogP contribution in [0.25, 0.3) is 0 Å². The third-order valence-electron chi connectivity index (χ3n) is 3.20. The summed E-state index contributed by atoms with van der Waals surface area (Å²) in [5.74, 6) is 1.36. The predicted octanol–water partition coefficient (Wildman–Crippen LogP) is 6.05. The minimum absolute atomic E-state index is 1.36. The summed E-state index contributed by atoms with van der Waals surface area (Å²) >= 11 is 1.98. The Morgan fingerprint density at radius 3 is 1.31 bits per heavy atom. The van der Waals surface area contributed by atoms with Crippen LogP contribution in [0.2, 0.25) is 0 Å². The molecule has 0 aliphatic carbocycles. The molecule has 0 bridgehead atoms. The van der Waals surface area contributed by atoms with Gasteiger partial charge in [-0.05, 0) is 18.4 Å². The van der Waals surface area contributed by atoms with Crippen LogP contribution < -0.4 is 0 Å². The highest BCUT2D eigenvalue weighted by Gasteiger charge is 1.92. The van der Waals surface area contributed by atoms with Crippen molar-refractivity contribution < 1.29 is 0 Å². The lowest BCUT2D eigenvalue weighted by Gasteiger charge is -2.02. The molecule has 0 atom stereocenters. The Labute approximate surface area is 108 Å². The lowest BCUT2D eigenvalue weighted by molar-refractivity contribution is 0.548. The van der Waals surface area contributed by atoms with Crippen LogP contribution in [0, 0.1) is 0 Å². The van der Waals surface area contributed by atoms with Gasteiger partial charge in [0.05, 0.1) is 0 Å². The van der Waals surface area contributed by atoms with E-state index < -0.39 is 0 Å². The van der Waals surface area contributed by atoms with E-state index in [2.05, 4.69) is 13.2 Å². The van der Waals surface area contributed by atoms with Crippen molar-refractivity contribution in [2.45, 2.75) is 84.0 Å². The van der Waals surface area contributed by atoms with Gasteiger partial charge in [0.1, 0.15) is 0 Å². The van der Waals surface area contributed by atoms with E-state index >= 15 is 0 Å². The third-order valence-corrected chi connectivity index (χ3v) is 3.90. The number of unbranched alkanes of at least 4 members (excludes halogenated alkanes) is 11. The number of rotatable bonds is 13. The van der Waals surface area contributed by atoms with Crippen LogP contribution in [0.15, 0.2) is 0 Å². The summed E-state index contributed by atoms with van der Waals surface area (Å²) in [4.78, 5) is 0. The highest BCUT2D eigenvalue weighted by Crippen LogP contribution is 2.12. The first-order valence-electron chi connectivity index (χ1n) is 7.40. The number of hydrogen-bond acceptors (Lipinski definition) is 1. The van der Waals surface area contributed by atoms with E-state index in [1.54, 1.807) is 0 Å². The second-order valence-corrected chi connectivity index (χ2v) is 5.87. The molecule has 0 aliphatic heterocycles. The Morgan fingerprint density at radius 1 is 0.562 bits per heavy atom. The number of thioether (sulfide) groups is 1.